The number of fused-ring (bicyclic) bond motifs is 3. The van der Waals surface area contributed by atoms with Crippen LogP contribution in [-0.2, 0) is 20.0 Å². The summed E-state index contributed by atoms with van der Waals surface area (Å²) in [6.45, 7) is 1.27. The minimum atomic E-state index is -2.75. The van der Waals surface area contributed by atoms with Crippen LogP contribution >= 0.6 is 0 Å². The molecule has 0 heterocycles. The molecule has 166 valence electrons. The number of carbonyl (C=O) groups excluding carboxylic acids is 3. The lowest BCUT2D eigenvalue weighted by atomic mass is 9.55. The molecule has 0 bridgehead atoms. The SMILES string of the molecule is CC1(O)c2c(N=[N+]=[N-])ccc(O)c2C(O)=C2C(=O)[C@]3(O)C(O)=C(C(N)=O)C(=O)C[C@@H]3C[C@@H]21. The van der Waals surface area contributed by atoms with E-state index < -0.39 is 75.3 Å². The van der Waals surface area contributed by atoms with E-state index in [9.17, 15) is 39.9 Å². The largest absolute Gasteiger partial charge is 0.508 e. The molecule has 4 rings (SSSR count). The highest BCUT2D eigenvalue weighted by atomic mass is 16.3. The van der Waals surface area contributed by atoms with Crippen LogP contribution in [0.3, 0.4) is 0 Å². The Hall–Kier alpha value is -3.86. The number of benzene rings is 1. The molecule has 1 saturated carbocycles. The Labute approximate surface area is 179 Å². The van der Waals surface area contributed by atoms with E-state index in [1.165, 1.54) is 13.0 Å². The molecule has 7 N–H and O–H groups in total. The van der Waals surface area contributed by atoms with Crippen molar-refractivity contribution in [3.63, 3.8) is 0 Å². The zero-order valence-electron chi connectivity index (χ0n) is 16.6. The van der Waals surface area contributed by atoms with Gasteiger partial charge < -0.3 is 31.3 Å². The van der Waals surface area contributed by atoms with Gasteiger partial charge in [-0.15, -0.1) is 0 Å². The molecule has 3 aliphatic rings. The Morgan fingerprint density at radius 1 is 1.25 bits per heavy atom. The van der Waals surface area contributed by atoms with Gasteiger partial charge in [-0.05, 0) is 31.0 Å². The van der Waals surface area contributed by atoms with Crippen LogP contribution in [0.5, 0.6) is 5.75 Å². The van der Waals surface area contributed by atoms with Crippen LogP contribution < -0.4 is 5.73 Å². The quantitative estimate of drug-likeness (QED) is 0.167. The Balaban J connectivity index is 2.05. The fraction of sp³-hybridized carbons (Fsp3) is 0.350. The fourth-order valence-electron chi connectivity index (χ4n) is 5.11. The molecule has 0 aromatic heterocycles. The second-order valence-electron chi connectivity index (χ2n) is 8.25. The standard InChI is InChI=1S/C20H18N4O8/c1-19(31)7-4-6-5-10(26)13(18(21)30)17(29)20(6,32)16(28)11(7)15(27)12-9(25)3-2-8(14(12)19)23-24-22/h2-3,6-7,25,27,29,31-32H,4-5H2,1H3,(H2,21,30)/t6-,7-,19?,20-/m0/s1. The number of carbonyl (C=O) groups is 3. The van der Waals surface area contributed by atoms with Crippen molar-refractivity contribution in [3.05, 3.63) is 50.6 Å². The summed E-state index contributed by atoms with van der Waals surface area (Å²) >= 11 is 0. The van der Waals surface area contributed by atoms with Gasteiger partial charge in [0.15, 0.2) is 11.4 Å². The normalized spacial score (nSPS) is 31.5. The predicted octanol–water partition coefficient (Wildman–Crippen LogP) is 1.03. The fourth-order valence-corrected chi connectivity index (χ4v) is 5.11. The number of phenols is 1. The van der Waals surface area contributed by atoms with Crippen molar-refractivity contribution < 1.29 is 39.9 Å². The minimum absolute atomic E-state index is 0.109. The highest BCUT2D eigenvalue weighted by molar-refractivity contribution is 6.22. The van der Waals surface area contributed by atoms with Crippen LogP contribution in [0.15, 0.2) is 34.2 Å². The first-order valence-corrected chi connectivity index (χ1v) is 9.50. The van der Waals surface area contributed by atoms with E-state index in [1.807, 2.05) is 0 Å². The first-order valence-electron chi connectivity index (χ1n) is 9.50. The summed E-state index contributed by atoms with van der Waals surface area (Å²) < 4.78 is 0. The summed E-state index contributed by atoms with van der Waals surface area (Å²) in [5.74, 6) is -8.47. The summed E-state index contributed by atoms with van der Waals surface area (Å²) in [6, 6.07) is 2.31. The van der Waals surface area contributed by atoms with Crippen LogP contribution in [0, 0.1) is 11.8 Å². The molecule has 12 nitrogen and oxygen atoms in total. The van der Waals surface area contributed by atoms with Crippen molar-refractivity contribution in [2.75, 3.05) is 0 Å². The minimum Gasteiger partial charge on any atom is -0.508 e. The number of nitrogens with zero attached hydrogens (tertiary/aromatic N) is 3. The third kappa shape index (κ3) is 2.45. The van der Waals surface area contributed by atoms with Crippen molar-refractivity contribution in [3.8, 4) is 5.75 Å². The Kier molecular flexibility index (Phi) is 4.39. The van der Waals surface area contributed by atoms with Gasteiger partial charge in [0.1, 0.15) is 22.8 Å². The average Bonchev–Trinajstić information content (AvgIpc) is 2.70. The number of ketones is 2. The third-order valence-corrected chi connectivity index (χ3v) is 6.60. The lowest BCUT2D eigenvalue weighted by molar-refractivity contribution is -0.152. The molecule has 1 aromatic carbocycles. The summed E-state index contributed by atoms with van der Waals surface area (Å²) in [5, 5.41) is 57.9. The Bertz CT molecular complexity index is 1240. The smallest absolute Gasteiger partial charge is 0.255 e. The molecule has 12 heteroatoms. The molecule has 1 aromatic rings. The van der Waals surface area contributed by atoms with Crippen LogP contribution in [0.2, 0.25) is 0 Å². The summed E-state index contributed by atoms with van der Waals surface area (Å²) in [7, 11) is 0. The molecule has 3 aliphatic carbocycles. The van der Waals surface area contributed by atoms with E-state index in [-0.39, 0.29) is 23.2 Å². The van der Waals surface area contributed by atoms with Crippen molar-refractivity contribution in [1.29, 1.82) is 0 Å². The van der Waals surface area contributed by atoms with Crippen LogP contribution in [0.4, 0.5) is 5.69 Å². The number of aromatic hydroxyl groups is 1. The first kappa shape index (κ1) is 21.4. The van der Waals surface area contributed by atoms with Crippen molar-refractivity contribution in [2.45, 2.75) is 31.0 Å². The number of hydrogen-bond acceptors (Lipinski definition) is 9. The van der Waals surface area contributed by atoms with Gasteiger partial charge in [0.05, 0.1) is 11.2 Å². The van der Waals surface area contributed by atoms with Crippen molar-refractivity contribution in [1.82, 2.24) is 0 Å². The Morgan fingerprint density at radius 3 is 2.50 bits per heavy atom. The second kappa shape index (κ2) is 6.57. The predicted molar refractivity (Wildman–Crippen MR) is 106 cm³/mol. The van der Waals surface area contributed by atoms with Gasteiger partial charge >= 0.3 is 0 Å². The molecule has 0 saturated heterocycles. The van der Waals surface area contributed by atoms with E-state index in [4.69, 9.17) is 11.3 Å². The highest BCUT2D eigenvalue weighted by Crippen LogP contribution is 2.58. The number of azide groups is 1. The number of phenolic OH excluding ortho intramolecular Hbond substituents is 1. The van der Waals surface area contributed by atoms with E-state index in [0.717, 1.165) is 6.07 Å². The van der Waals surface area contributed by atoms with Gasteiger partial charge in [0.2, 0.25) is 5.78 Å². The highest BCUT2D eigenvalue weighted by Gasteiger charge is 2.63. The van der Waals surface area contributed by atoms with E-state index in [1.54, 1.807) is 0 Å². The number of primary amides is 1. The van der Waals surface area contributed by atoms with Crippen LogP contribution in [0.1, 0.15) is 30.9 Å². The van der Waals surface area contributed by atoms with Gasteiger partial charge in [-0.2, -0.15) is 0 Å². The van der Waals surface area contributed by atoms with Crippen molar-refractivity contribution in [2.24, 2.45) is 22.7 Å². The molecule has 0 aliphatic heterocycles. The lowest BCUT2D eigenvalue weighted by Crippen LogP contribution is -2.60. The number of aliphatic hydroxyl groups excluding tert-OH is 2. The average molecular weight is 442 g/mol. The summed E-state index contributed by atoms with van der Waals surface area (Å²) in [6.07, 6.45) is -0.803. The molecule has 1 amide bonds. The molecule has 1 unspecified atom stereocenters. The zero-order valence-corrected chi connectivity index (χ0v) is 16.6. The van der Waals surface area contributed by atoms with Gasteiger partial charge in [-0.1, -0.05) is 5.11 Å². The van der Waals surface area contributed by atoms with Crippen molar-refractivity contribution >= 4 is 28.9 Å². The molecule has 32 heavy (non-hydrogen) atoms. The zero-order chi connectivity index (χ0) is 23.7. The summed E-state index contributed by atoms with van der Waals surface area (Å²) in [5.41, 5.74) is 7.19. The number of rotatable bonds is 2. The molecular formula is C20H18N4O8. The molecular weight excluding hydrogens is 424 g/mol. The van der Waals surface area contributed by atoms with E-state index >= 15 is 0 Å². The molecule has 1 fully saturated rings. The van der Waals surface area contributed by atoms with Crippen LogP contribution in [0.25, 0.3) is 16.2 Å². The van der Waals surface area contributed by atoms with E-state index in [2.05, 4.69) is 10.0 Å². The second-order valence-corrected chi connectivity index (χ2v) is 8.25. The van der Waals surface area contributed by atoms with Gasteiger partial charge in [0, 0.05) is 40.0 Å². The molecule has 0 spiro atoms. The number of aliphatic hydroxyl groups is 4. The lowest BCUT2D eigenvalue weighted by Gasteiger charge is -2.50. The third-order valence-electron chi connectivity index (χ3n) is 6.60. The monoisotopic (exact) mass is 442 g/mol. The summed E-state index contributed by atoms with van der Waals surface area (Å²) in [4.78, 5) is 40.1. The Morgan fingerprint density at radius 2 is 1.91 bits per heavy atom. The molecule has 0 radical (unpaired) electrons. The number of Topliss-reactive ketones (excluding diaryl/α,β-unsaturated/α-hetero) is 2. The number of amides is 1. The molecule has 4 atom stereocenters. The maximum atomic E-state index is 13.4. The maximum Gasteiger partial charge on any atom is 0.255 e. The number of nitrogens with two attached hydrogens (primary N) is 1. The first-order chi connectivity index (χ1) is 14.9. The topological polar surface area (TPSA) is 227 Å². The number of hydrogen-bond donors (Lipinski definition) is 6. The van der Waals surface area contributed by atoms with Gasteiger partial charge in [-0.3, -0.25) is 14.4 Å². The van der Waals surface area contributed by atoms with Gasteiger partial charge in [0.25, 0.3) is 5.91 Å². The maximum absolute atomic E-state index is 13.4. The van der Waals surface area contributed by atoms with E-state index in [0.29, 0.717) is 0 Å². The van der Waals surface area contributed by atoms with Crippen LogP contribution in [-0.4, -0.2) is 48.6 Å². The van der Waals surface area contributed by atoms with Gasteiger partial charge in [-0.25, -0.2) is 0 Å².